The van der Waals surface area contributed by atoms with Gasteiger partial charge in [-0.1, -0.05) is 37.0 Å². The molecule has 2 aliphatic rings. The summed E-state index contributed by atoms with van der Waals surface area (Å²) in [4.78, 5) is 46.0. The zero-order valence-corrected chi connectivity index (χ0v) is 22.8. The summed E-state index contributed by atoms with van der Waals surface area (Å²) in [6.45, 7) is 2.29. The van der Waals surface area contributed by atoms with Crippen LogP contribution in [0.4, 0.5) is 4.39 Å². The third kappa shape index (κ3) is 6.09. The zero-order chi connectivity index (χ0) is 27.5. The average molecular weight is 549 g/mol. The van der Waals surface area contributed by atoms with Crippen molar-refractivity contribution in [1.29, 1.82) is 0 Å². The predicted octanol–water partition coefficient (Wildman–Crippen LogP) is 4.80. The summed E-state index contributed by atoms with van der Waals surface area (Å²) in [5.41, 5.74) is 8.74. The van der Waals surface area contributed by atoms with Gasteiger partial charge in [-0.25, -0.2) is 9.37 Å². The Morgan fingerprint density at radius 1 is 1.03 bits per heavy atom. The number of hydrogen-bond acceptors (Lipinski definition) is 6. The molecule has 2 fully saturated rings. The van der Waals surface area contributed by atoms with Crippen LogP contribution in [0.1, 0.15) is 81.5 Å². The van der Waals surface area contributed by atoms with Crippen LogP contribution in [-0.4, -0.2) is 46.1 Å². The van der Waals surface area contributed by atoms with Crippen LogP contribution in [0.5, 0.6) is 0 Å². The third-order valence-electron chi connectivity index (χ3n) is 7.82. The fourth-order valence-corrected chi connectivity index (χ4v) is 6.50. The van der Waals surface area contributed by atoms with Gasteiger partial charge in [-0.15, -0.1) is 11.3 Å². The van der Waals surface area contributed by atoms with E-state index in [-0.39, 0.29) is 35.3 Å². The van der Waals surface area contributed by atoms with Crippen LogP contribution in [0.15, 0.2) is 53.9 Å². The summed E-state index contributed by atoms with van der Waals surface area (Å²) >= 11 is 1.31. The number of halogens is 1. The fraction of sp³-hybridized carbons (Fsp3) is 0.400. The zero-order valence-electron chi connectivity index (χ0n) is 21.9. The molecule has 39 heavy (non-hydrogen) atoms. The summed E-state index contributed by atoms with van der Waals surface area (Å²) in [6, 6.07) is 11.4. The minimum Gasteiger partial charge on any atom is -0.347 e. The molecule has 1 saturated heterocycles. The number of nitrogens with two attached hydrogens (primary N) is 1. The van der Waals surface area contributed by atoms with Gasteiger partial charge in [0.1, 0.15) is 16.5 Å². The lowest BCUT2D eigenvalue weighted by molar-refractivity contribution is -0.135. The minimum absolute atomic E-state index is 0.138. The van der Waals surface area contributed by atoms with Gasteiger partial charge >= 0.3 is 0 Å². The van der Waals surface area contributed by atoms with Gasteiger partial charge in [0, 0.05) is 29.1 Å². The smallest absolute Gasteiger partial charge is 0.251 e. The summed E-state index contributed by atoms with van der Waals surface area (Å²) in [6.07, 6.45) is 5.66. The summed E-state index contributed by atoms with van der Waals surface area (Å²) in [5, 5.41) is 5.37. The van der Waals surface area contributed by atoms with Crippen molar-refractivity contribution in [1.82, 2.24) is 15.2 Å². The molecule has 2 amide bonds. The van der Waals surface area contributed by atoms with Crippen LogP contribution in [0.3, 0.4) is 0 Å². The number of nitrogens with one attached hydrogen (secondary N) is 1. The number of aryl methyl sites for hydroxylation is 1. The number of ketones is 1. The molecule has 1 aliphatic carbocycles. The number of thiazole rings is 1. The van der Waals surface area contributed by atoms with Gasteiger partial charge in [0.2, 0.25) is 11.7 Å². The number of carbonyl (C=O) groups excluding carboxylic acids is 3. The molecule has 1 aliphatic heterocycles. The van der Waals surface area contributed by atoms with Gasteiger partial charge < -0.3 is 16.0 Å². The number of aromatic nitrogens is 1. The molecular weight excluding hydrogens is 515 g/mol. The molecule has 204 valence electrons. The molecule has 7 nitrogen and oxygen atoms in total. The Kier molecular flexibility index (Phi) is 8.18. The second kappa shape index (κ2) is 11.8. The molecule has 3 aromatic rings. The lowest BCUT2D eigenvalue weighted by Gasteiger charge is -2.32. The van der Waals surface area contributed by atoms with Crippen molar-refractivity contribution < 1.29 is 18.8 Å². The Hall–Kier alpha value is -3.43. The van der Waals surface area contributed by atoms with Crippen molar-refractivity contribution >= 4 is 28.9 Å². The molecule has 2 heterocycles. The van der Waals surface area contributed by atoms with Gasteiger partial charge in [0.15, 0.2) is 0 Å². The topological polar surface area (TPSA) is 105 Å². The highest BCUT2D eigenvalue weighted by molar-refractivity contribution is 7.10. The Bertz CT molecular complexity index is 1330. The lowest BCUT2D eigenvalue weighted by atomic mass is 9.83. The monoisotopic (exact) mass is 548 g/mol. The molecular formula is C30H33FN4O3S. The van der Waals surface area contributed by atoms with Crippen molar-refractivity contribution in [2.24, 2.45) is 11.7 Å². The van der Waals surface area contributed by atoms with Gasteiger partial charge in [-0.3, -0.25) is 14.4 Å². The van der Waals surface area contributed by atoms with Crippen molar-refractivity contribution in [2.75, 3.05) is 6.54 Å². The second-order valence-electron chi connectivity index (χ2n) is 10.6. The molecule has 0 bridgehead atoms. The highest BCUT2D eigenvalue weighted by Crippen LogP contribution is 2.36. The van der Waals surface area contributed by atoms with Gasteiger partial charge in [0.25, 0.3) is 5.91 Å². The first-order valence-corrected chi connectivity index (χ1v) is 14.4. The molecule has 3 N–H and O–H groups in total. The summed E-state index contributed by atoms with van der Waals surface area (Å²) in [5.74, 6) is -0.924. The number of hydrogen-bond donors (Lipinski definition) is 2. The SMILES string of the molecule is Cc1ccc(C(=O)NC2CC(c3nc(C(=O)c4ccc(F)cc4)cs3)N(C(=O)C(N)C3CCCCC3)C2)cc1. The van der Waals surface area contributed by atoms with Crippen LogP contribution in [-0.2, 0) is 4.79 Å². The molecule has 9 heteroatoms. The van der Waals surface area contributed by atoms with E-state index in [1.54, 1.807) is 22.4 Å². The van der Waals surface area contributed by atoms with Crippen molar-refractivity contribution in [3.05, 3.63) is 87.1 Å². The standard InChI is InChI=1S/C30H33FN4O3S/c1-18-7-9-21(10-8-18)28(37)33-23-15-25(35(16-23)30(38)26(32)19-5-3-2-4-6-19)29-34-24(17-39-29)27(36)20-11-13-22(31)14-12-20/h7-14,17,19,23,25-26H,2-6,15-16,32H2,1H3,(H,33,37). The normalized spacial score (nSPS) is 20.5. The molecule has 1 aromatic heterocycles. The average Bonchev–Trinajstić information content (AvgIpc) is 3.61. The summed E-state index contributed by atoms with van der Waals surface area (Å²) in [7, 11) is 0. The van der Waals surface area contributed by atoms with E-state index in [9.17, 15) is 18.8 Å². The van der Waals surface area contributed by atoms with Crippen LogP contribution >= 0.6 is 11.3 Å². The van der Waals surface area contributed by atoms with Crippen LogP contribution in [0.25, 0.3) is 0 Å². The van der Waals surface area contributed by atoms with Crippen LogP contribution in [0.2, 0.25) is 0 Å². The lowest BCUT2D eigenvalue weighted by Crippen LogP contribution is -2.49. The number of nitrogens with zero attached hydrogens (tertiary/aromatic N) is 2. The maximum absolute atomic E-state index is 13.7. The first-order valence-electron chi connectivity index (χ1n) is 13.5. The van der Waals surface area contributed by atoms with E-state index in [2.05, 4.69) is 10.3 Å². The molecule has 1 saturated carbocycles. The van der Waals surface area contributed by atoms with E-state index in [4.69, 9.17) is 5.73 Å². The van der Waals surface area contributed by atoms with Crippen molar-refractivity contribution in [3.63, 3.8) is 0 Å². The number of rotatable bonds is 7. The first-order chi connectivity index (χ1) is 18.8. The Morgan fingerprint density at radius 2 is 1.69 bits per heavy atom. The predicted molar refractivity (Wildman–Crippen MR) is 148 cm³/mol. The largest absolute Gasteiger partial charge is 0.347 e. The van der Waals surface area contributed by atoms with Crippen LogP contribution < -0.4 is 11.1 Å². The molecule has 0 spiro atoms. The number of benzene rings is 2. The maximum atomic E-state index is 13.7. The number of carbonyl (C=O) groups is 3. The molecule has 0 radical (unpaired) electrons. The molecule has 5 rings (SSSR count). The Morgan fingerprint density at radius 3 is 2.38 bits per heavy atom. The van der Waals surface area contributed by atoms with Crippen LogP contribution in [0, 0.1) is 18.7 Å². The van der Waals surface area contributed by atoms with E-state index < -0.39 is 17.9 Å². The second-order valence-corrected chi connectivity index (χ2v) is 11.5. The van der Waals surface area contributed by atoms with E-state index in [1.165, 1.54) is 42.0 Å². The quantitative estimate of drug-likeness (QED) is 0.413. The van der Waals surface area contributed by atoms with E-state index in [0.29, 0.717) is 29.1 Å². The van der Waals surface area contributed by atoms with Gasteiger partial charge in [-0.2, -0.15) is 0 Å². The third-order valence-corrected chi connectivity index (χ3v) is 8.77. The Balaban J connectivity index is 1.37. The van der Waals surface area contributed by atoms with Gasteiger partial charge in [0.05, 0.1) is 12.1 Å². The molecule has 2 aromatic carbocycles. The first kappa shape index (κ1) is 27.1. The highest BCUT2D eigenvalue weighted by atomic mass is 32.1. The number of amides is 2. The fourth-order valence-electron chi connectivity index (χ4n) is 5.57. The van der Waals surface area contributed by atoms with E-state index in [0.717, 1.165) is 31.2 Å². The molecule has 3 atom stereocenters. The van der Waals surface area contributed by atoms with E-state index >= 15 is 0 Å². The van der Waals surface area contributed by atoms with E-state index in [1.807, 2.05) is 19.1 Å². The summed E-state index contributed by atoms with van der Waals surface area (Å²) < 4.78 is 13.3. The van der Waals surface area contributed by atoms with Crippen molar-refractivity contribution in [2.45, 2.75) is 63.6 Å². The Labute approximate surface area is 231 Å². The minimum atomic E-state index is -0.611. The molecule has 3 unspecified atom stereocenters. The maximum Gasteiger partial charge on any atom is 0.251 e. The van der Waals surface area contributed by atoms with Gasteiger partial charge in [-0.05, 0) is 68.5 Å². The highest BCUT2D eigenvalue weighted by Gasteiger charge is 2.42. The van der Waals surface area contributed by atoms with Crippen molar-refractivity contribution in [3.8, 4) is 0 Å². The number of likely N-dealkylation sites (tertiary alicyclic amines) is 1.